The minimum Gasteiger partial charge on any atom is -0.356 e. The summed E-state index contributed by atoms with van der Waals surface area (Å²) < 4.78 is 0. The van der Waals surface area contributed by atoms with Gasteiger partial charge in [0.05, 0.1) is 6.54 Å². The standard InChI is InChI=1S/C17H34N4O/c1-7-17(10-8-9-11-17)13-19-15(18-5)21(6)12-14(22)20-16(2,3)4/h7-13H2,1-6H3,(H,18,19)(H,20,22). The fraction of sp³-hybridized carbons (Fsp3) is 0.882. The first-order valence-corrected chi connectivity index (χ1v) is 8.44. The minimum atomic E-state index is -0.203. The Labute approximate surface area is 135 Å². The average molecular weight is 310 g/mol. The first-order chi connectivity index (χ1) is 10.2. The van der Waals surface area contributed by atoms with Crippen molar-refractivity contribution in [1.82, 2.24) is 15.5 Å². The van der Waals surface area contributed by atoms with Gasteiger partial charge in [-0.15, -0.1) is 0 Å². The molecule has 1 amide bonds. The number of aliphatic imine (C=N–C) groups is 1. The zero-order valence-electron chi connectivity index (χ0n) is 15.3. The summed E-state index contributed by atoms with van der Waals surface area (Å²) in [7, 11) is 3.68. The normalized spacial score (nSPS) is 18.2. The van der Waals surface area contributed by atoms with Crippen LogP contribution >= 0.6 is 0 Å². The van der Waals surface area contributed by atoms with Crippen LogP contribution in [0.5, 0.6) is 0 Å². The van der Waals surface area contributed by atoms with E-state index >= 15 is 0 Å². The molecule has 1 rings (SSSR count). The van der Waals surface area contributed by atoms with Crippen LogP contribution in [0.25, 0.3) is 0 Å². The Hall–Kier alpha value is -1.26. The Morgan fingerprint density at radius 2 is 1.86 bits per heavy atom. The largest absolute Gasteiger partial charge is 0.356 e. The fourth-order valence-corrected chi connectivity index (χ4v) is 3.18. The topological polar surface area (TPSA) is 56.7 Å². The number of hydrogen-bond acceptors (Lipinski definition) is 2. The van der Waals surface area contributed by atoms with E-state index in [1.165, 1.54) is 32.1 Å². The predicted molar refractivity (Wildman–Crippen MR) is 93.1 cm³/mol. The molecule has 0 saturated heterocycles. The molecule has 0 bridgehead atoms. The van der Waals surface area contributed by atoms with E-state index in [9.17, 15) is 4.79 Å². The van der Waals surface area contributed by atoms with Gasteiger partial charge in [0.25, 0.3) is 0 Å². The van der Waals surface area contributed by atoms with Gasteiger partial charge in [0.15, 0.2) is 5.96 Å². The van der Waals surface area contributed by atoms with E-state index in [2.05, 4.69) is 22.5 Å². The van der Waals surface area contributed by atoms with Crippen LogP contribution in [-0.4, -0.2) is 49.5 Å². The molecule has 2 N–H and O–H groups in total. The first-order valence-electron chi connectivity index (χ1n) is 8.44. The SMILES string of the molecule is CCC1(CNC(=NC)N(C)CC(=O)NC(C)(C)C)CCCC1. The van der Waals surface area contributed by atoms with Crippen molar-refractivity contribution in [3.63, 3.8) is 0 Å². The summed E-state index contributed by atoms with van der Waals surface area (Å²) in [6.45, 7) is 9.50. The molecule has 1 aliphatic carbocycles. The van der Waals surface area contributed by atoms with Gasteiger partial charge in [0.1, 0.15) is 0 Å². The van der Waals surface area contributed by atoms with Crippen molar-refractivity contribution in [2.75, 3.05) is 27.2 Å². The highest BCUT2D eigenvalue weighted by atomic mass is 16.2. The molecule has 5 nitrogen and oxygen atoms in total. The number of nitrogens with zero attached hydrogens (tertiary/aromatic N) is 2. The second-order valence-corrected chi connectivity index (χ2v) is 7.62. The third kappa shape index (κ3) is 5.85. The van der Waals surface area contributed by atoms with E-state index in [0.29, 0.717) is 12.0 Å². The summed E-state index contributed by atoms with van der Waals surface area (Å²) in [5.74, 6) is 0.813. The molecular formula is C17H34N4O. The molecule has 0 aromatic carbocycles. The van der Waals surface area contributed by atoms with Gasteiger partial charge in [-0.2, -0.15) is 0 Å². The Morgan fingerprint density at radius 3 is 2.32 bits per heavy atom. The number of nitrogens with one attached hydrogen (secondary N) is 2. The number of likely N-dealkylation sites (N-methyl/N-ethyl adjacent to an activating group) is 1. The monoisotopic (exact) mass is 310 g/mol. The van der Waals surface area contributed by atoms with Gasteiger partial charge in [-0.1, -0.05) is 19.8 Å². The summed E-state index contributed by atoms with van der Waals surface area (Å²) >= 11 is 0. The van der Waals surface area contributed by atoms with E-state index in [4.69, 9.17) is 0 Å². The molecular weight excluding hydrogens is 276 g/mol. The summed E-state index contributed by atoms with van der Waals surface area (Å²) in [4.78, 5) is 18.2. The highest BCUT2D eigenvalue weighted by Crippen LogP contribution is 2.40. The van der Waals surface area contributed by atoms with Crippen molar-refractivity contribution >= 4 is 11.9 Å². The molecule has 1 saturated carbocycles. The molecule has 128 valence electrons. The number of carbonyl (C=O) groups is 1. The Bertz CT molecular complexity index is 392. The molecule has 0 spiro atoms. The molecule has 0 radical (unpaired) electrons. The molecule has 0 atom stereocenters. The summed E-state index contributed by atoms with van der Waals surface area (Å²) in [6, 6.07) is 0. The van der Waals surface area contributed by atoms with Gasteiger partial charge >= 0.3 is 0 Å². The molecule has 1 aliphatic rings. The van der Waals surface area contributed by atoms with E-state index in [-0.39, 0.29) is 11.4 Å². The minimum absolute atomic E-state index is 0.0176. The van der Waals surface area contributed by atoms with E-state index < -0.39 is 0 Å². The lowest BCUT2D eigenvalue weighted by Gasteiger charge is -2.31. The molecule has 0 aromatic rings. The van der Waals surface area contributed by atoms with Crippen molar-refractivity contribution in [2.24, 2.45) is 10.4 Å². The smallest absolute Gasteiger partial charge is 0.240 e. The van der Waals surface area contributed by atoms with E-state index in [0.717, 1.165) is 12.5 Å². The van der Waals surface area contributed by atoms with Crippen LogP contribution in [0.15, 0.2) is 4.99 Å². The first kappa shape index (κ1) is 18.8. The van der Waals surface area contributed by atoms with Crippen molar-refractivity contribution in [2.45, 2.75) is 65.3 Å². The summed E-state index contributed by atoms with van der Waals surface area (Å²) in [5, 5.41) is 6.45. The Balaban J connectivity index is 2.51. The van der Waals surface area contributed by atoms with Crippen LogP contribution in [0.1, 0.15) is 59.8 Å². The second-order valence-electron chi connectivity index (χ2n) is 7.62. The lowest BCUT2D eigenvalue weighted by Crippen LogP contribution is -2.50. The third-order valence-corrected chi connectivity index (χ3v) is 4.50. The molecule has 1 fully saturated rings. The lowest BCUT2D eigenvalue weighted by molar-refractivity contribution is -0.122. The predicted octanol–water partition coefficient (Wildman–Crippen LogP) is 2.38. The highest BCUT2D eigenvalue weighted by molar-refractivity contribution is 5.86. The van der Waals surface area contributed by atoms with Gasteiger partial charge in [-0.25, -0.2) is 0 Å². The fourth-order valence-electron chi connectivity index (χ4n) is 3.18. The third-order valence-electron chi connectivity index (χ3n) is 4.50. The van der Waals surface area contributed by atoms with Crippen LogP contribution < -0.4 is 10.6 Å². The maximum atomic E-state index is 12.0. The van der Waals surface area contributed by atoms with Gasteiger partial charge in [0, 0.05) is 26.2 Å². The van der Waals surface area contributed by atoms with Crippen LogP contribution in [-0.2, 0) is 4.79 Å². The molecule has 5 heteroatoms. The van der Waals surface area contributed by atoms with E-state index in [1.54, 1.807) is 7.05 Å². The van der Waals surface area contributed by atoms with Crippen molar-refractivity contribution in [3.8, 4) is 0 Å². The zero-order chi connectivity index (χ0) is 16.8. The molecule has 0 aromatic heterocycles. The van der Waals surface area contributed by atoms with Gasteiger partial charge < -0.3 is 15.5 Å². The van der Waals surface area contributed by atoms with Crippen molar-refractivity contribution in [1.29, 1.82) is 0 Å². The number of hydrogen-bond donors (Lipinski definition) is 2. The number of carbonyl (C=O) groups excluding carboxylic acids is 1. The molecule has 0 heterocycles. The average Bonchev–Trinajstić information content (AvgIpc) is 2.86. The van der Waals surface area contributed by atoms with Gasteiger partial charge in [-0.05, 0) is 45.4 Å². The van der Waals surface area contributed by atoms with Crippen molar-refractivity contribution in [3.05, 3.63) is 0 Å². The van der Waals surface area contributed by atoms with Crippen LogP contribution in [0, 0.1) is 5.41 Å². The number of amides is 1. The second kappa shape index (κ2) is 7.84. The summed E-state index contributed by atoms with van der Waals surface area (Å²) in [6.07, 6.45) is 6.45. The molecule has 22 heavy (non-hydrogen) atoms. The van der Waals surface area contributed by atoms with Gasteiger partial charge in [-0.3, -0.25) is 9.79 Å². The van der Waals surface area contributed by atoms with Crippen molar-refractivity contribution < 1.29 is 4.79 Å². The van der Waals surface area contributed by atoms with Gasteiger partial charge in [0.2, 0.25) is 5.91 Å². The quantitative estimate of drug-likeness (QED) is 0.605. The Kier molecular flexibility index (Phi) is 6.69. The molecule has 0 aliphatic heterocycles. The van der Waals surface area contributed by atoms with E-state index in [1.807, 2.05) is 32.7 Å². The molecule has 0 unspecified atom stereocenters. The summed E-state index contributed by atoms with van der Waals surface area (Å²) in [5.41, 5.74) is 0.204. The number of rotatable bonds is 5. The van der Waals surface area contributed by atoms with Crippen LogP contribution in [0.4, 0.5) is 0 Å². The number of guanidine groups is 1. The maximum Gasteiger partial charge on any atom is 0.240 e. The van der Waals surface area contributed by atoms with Crippen LogP contribution in [0.3, 0.4) is 0 Å². The highest BCUT2D eigenvalue weighted by Gasteiger charge is 2.32. The Morgan fingerprint density at radius 1 is 1.27 bits per heavy atom. The zero-order valence-corrected chi connectivity index (χ0v) is 15.3. The van der Waals surface area contributed by atoms with Crippen LogP contribution in [0.2, 0.25) is 0 Å². The maximum absolute atomic E-state index is 12.0. The lowest BCUT2D eigenvalue weighted by atomic mass is 9.83.